The number of thiazole rings is 1. The molecule has 0 saturated carbocycles. The maximum atomic E-state index is 5.22. The molecule has 0 bridgehead atoms. The van der Waals surface area contributed by atoms with Crippen molar-refractivity contribution >= 4 is 23.1 Å². The molecule has 2 nitrogen and oxygen atoms in total. The van der Waals surface area contributed by atoms with Crippen molar-refractivity contribution in [3.8, 4) is 0 Å². The molecule has 0 spiro atoms. The van der Waals surface area contributed by atoms with E-state index < -0.39 is 0 Å². The molecule has 14 heavy (non-hydrogen) atoms. The lowest BCUT2D eigenvalue weighted by Crippen LogP contribution is -1.80. The highest BCUT2D eigenvalue weighted by molar-refractivity contribution is 7.98. The zero-order valence-corrected chi connectivity index (χ0v) is 9.74. The van der Waals surface area contributed by atoms with Crippen LogP contribution in [0.25, 0.3) is 0 Å². The van der Waals surface area contributed by atoms with Crippen molar-refractivity contribution in [2.45, 2.75) is 24.5 Å². The van der Waals surface area contributed by atoms with E-state index in [-0.39, 0.29) is 0 Å². The molecule has 0 atom stereocenters. The maximum Gasteiger partial charge on any atom is 0.114 e. The summed E-state index contributed by atoms with van der Waals surface area (Å²) in [5, 5.41) is 3.24. The van der Waals surface area contributed by atoms with Gasteiger partial charge >= 0.3 is 0 Å². The van der Waals surface area contributed by atoms with Crippen LogP contribution in [0.2, 0.25) is 0 Å². The van der Waals surface area contributed by atoms with Crippen LogP contribution in [0, 0.1) is 13.8 Å². The van der Waals surface area contributed by atoms with Gasteiger partial charge in [0.2, 0.25) is 0 Å². The molecule has 0 aliphatic heterocycles. The summed E-state index contributed by atoms with van der Waals surface area (Å²) in [7, 11) is 0. The van der Waals surface area contributed by atoms with Crippen LogP contribution in [0.3, 0.4) is 0 Å². The zero-order chi connectivity index (χ0) is 9.97. The maximum absolute atomic E-state index is 5.22. The molecule has 4 heteroatoms. The SMILES string of the molecule is Cc1nc(CSc2ccoc2C)cs1. The smallest absolute Gasteiger partial charge is 0.114 e. The number of hydrogen-bond acceptors (Lipinski definition) is 4. The summed E-state index contributed by atoms with van der Waals surface area (Å²) in [6.45, 7) is 4.01. The third kappa shape index (κ3) is 2.19. The fraction of sp³-hybridized carbons (Fsp3) is 0.300. The van der Waals surface area contributed by atoms with E-state index in [2.05, 4.69) is 10.4 Å². The highest BCUT2D eigenvalue weighted by atomic mass is 32.2. The molecule has 2 aromatic rings. The largest absolute Gasteiger partial charge is 0.468 e. The van der Waals surface area contributed by atoms with Gasteiger partial charge in [0.05, 0.1) is 17.0 Å². The van der Waals surface area contributed by atoms with E-state index in [0.29, 0.717) is 0 Å². The fourth-order valence-electron chi connectivity index (χ4n) is 1.15. The number of aromatic nitrogens is 1. The highest BCUT2D eigenvalue weighted by Gasteiger charge is 2.04. The van der Waals surface area contributed by atoms with Crippen LogP contribution in [-0.4, -0.2) is 4.98 Å². The van der Waals surface area contributed by atoms with Crippen molar-refractivity contribution in [2.75, 3.05) is 0 Å². The van der Waals surface area contributed by atoms with Crippen LogP contribution in [0.15, 0.2) is 27.0 Å². The number of thioether (sulfide) groups is 1. The molecule has 2 heterocycles. The highest BCUT2D eigenvalue weighted by Crippen LogP contribution is 2.26. The second-order valence-electron chi connectivity index (χ2n) is 2.99. The summed E-state index contributed by atoms with van der Waals surface area (Å²) in [5.41, 5.74) is 1.15. The minimum atomic E-state index is 0.921. The Morgan fingerprint density at radius 1 is 1.50 bits per heavy atom. The first-order chi connectivity index (χ1) is 6.75. The average molecular weight is 225 g/mol. The van der Waals surface area contributed by atoms with E-state index in [9.17, 15) is 0 Å². The zero-order valence-electron chi connectivity index (χ0n) is 8.11. The number of hydrogen-bond donors (Lipinski definition) is 0. The molecule has 0 amide bonds. The molecule has 0 aliphatic carbocycles. The third-order valence-electron chi connectivity index (χ3n) is 1.85. The molecule has 0 unspecified atom stereocenters. The average Bonchev–Trinajstić information content (AvgIpc) is 2.72. The molecule has 0 aromatic carbocycles. The number of rotatable bonds is 3. The standard InChI is InChI=1S/C10H11NOS2/c1-7-10(3-4-12-7)14-6-9-5-13-8(2)11-9/h3-5H,6H2,1-2H3. The predicted octanol–water partition coefficient (Wildman–Crippen LogP) is 3.65. The lowest BCUT2D eigenvalue weighted by molar-refractivity contribution is 0.527. The van der Waals surface area contributed by atoms with Crippen molar-refractivity contribution in [1.29, 1.82) is 0 Å². The van der Waals surface area contributed by atoms with E-state index in [1.54, 1.807) is 29.4 Å². The van der Waals surface area contributed by atoms with Crippen LogP contribution in [-0.2, 0) is 5.75 Å². The molecule has 0 N–H and O–H groups in total. The van der Waals surface area contributed by atoms with Crippen LogP contribution in [0.5, 0.6) is 0 Å². The first kappa shape index (κ1) is 9.80. The number of furan rings is 1. The molecule has 2 aromatic heterocycles. The molecule has 74 valence electrons. The first-order valence-corrected chi connectivity index (χ1v) is 6.20. The van der Waals surface area contributed by atoms with Crippen molar-refractivity contribution in [1.82, 2.24) is 4.98 Å². The van der Waals surface area contributed by atoms with Gasteiger partial charge in [0.25, 0.3) is 0 Å². The summed E-state index contributed by atoms with van der Waals surface area (Å²) in [4.78, 5) is 5.61. The second-order valence-corrected chi connectivity index (χ2v) is 5.07. The van der Waals surface area contributed by atoms with E-state index in [0.717, 1.165) is 22.2 Å². The van der Waals surface area contributed by atoms with Gasteiger partial charge < -0.3 is 4.42 Å². The minimum absolute atomic E-state index is 0.921. The Morgan fingerprint density at radius 3 is 2.93 bits per heavy atom. The van der Waals surface area contributed by atoms with E-state index in [4.69, 9.17) is 4.42 Å². The Hall–Kier alpha value is -0.740. The fourth-order valence-corrected chi connectivity index (χ4v) is 2.72. The first-order valence-electron chi connectivity index (χ1n) is 4.33. The van der Waals surface area contributed by atoms with Crippen molar-refractivity contribution in [2.24, 2.45) is 0 Å². The predicted molar refractivity (Wildman–Crippen MR) is 59.9 cm³/mol. The summed E-state index contributed by atoms with van der Waals surface area (Å²) >= 11 is 3.47. The van der Waals surface area contributed by atoms with Gasteiger partial charge in [-0.2, -0.15) is 0 Å². The topological polar surface area (TPSA) is 26.0 Å². The van der Waals surface area contributed by atoms with Crippen molar-refractivity contribution < 1.29 is 4.42 Å². The molecular formula is C10H11NOS2. The van der Waals surface area contributed by atoms with Gasteiger partial charge in [0.15, 0.2) is 0 Å². The summed E-state index contributed by atoms with van der Waals surface area (Å²) < 4.78 is 5.22. The Bertz CT molecular complexity index is 419. The van der Waals surface area contributed by atoms with Gasteiger partial charge in [0.1, 0.15) is 5.76 Å². The van der Waals surface area contributed by atoms with Gasteiger partial charge in [-0.15, -0.1) is 23.1 Å². The summed E-state index contributed by atoms with van der Waals surface area (Å²) in [5.74, 6) is 1.91. The van der Waals surface area contributed by atoms with Crippen molar-refractivity contribution in [3.63, 3.8) is 0 Å². The van der Waals surface area contributed by atoms with Crippen LogP contribution >= 0.6 is 23.1 Å². The Morgan fingerprint density at radius 2 is 2.36 bits per heavy atom. The minimum Gasteiger partial charge on any atom is -0.468 e. The van der Waals surface area contributed by atoms with E-state index >= 15 is 0 Å². The van der Waals surface area contributed by atoms with Crippen LogP contribution < -0.4 is 0 Å². The van der Waals surface area contributed by atoms with Gasteiger partial charge in [-0.3, -0.25) is 0 Å². The molecule has 0 fully saturated rings. The van der Waals surface area contributed by atoms with Gasteiger partial charge in [-0.1, -0.05) is 0 Å². The van der Waals surface area contributed by atoms with E-state index in [1.165, 1.54) is 4.90 Å². The monoisotopic (exact) mass is 225 g/mol. The Balaban J connectivity index is 1.98. The van der Waals surface area contributed by atoms with Crippen LogP contribution in [0.1, 0.15) is 16.5 Å². The molecule has 0 saturated heterocycles. The third-order valence-corrected chi connectivity index (χ3v) is 3.85. The number of aryl methyl sites for hydroxylation is 2. The second kappa shape index (κ2) is 4.19. The van der Waals surface area contributed by atoms with Crippen LogP contribution in [0.4, 0.5) is 0 Å². The summed E-state index contributed by atoms with van der Waals surface area (Å²) in [6, 6.07) is 2.00. The Kier molecular flexibility index (Phi) is 2.93. The van der Waals surface area contributed by atoms with Crippen molar-refractivity contribution in [3.05, 3.63) is 34.2 Å². The molecular weight excluding hydrogens is 214 g/mol. The molecule has 2 rings (SSSR count). The normalized spacial score (nSPS) is 10.7. The lowest BCUT2D eigenvalue weighted by atomic mass is 10.5. The number of nitrogens with zero attached hydrogens (tertiary/aromatic N) is 1. The summed E-state index contributed by atoms with van der Waals surface area (Å²) in [6.07, 6.45) is 1.73. The molecule has 0 aliphatic rings. The van der Waals surface area contributed by atoms with E-state index in [1.807, 2.05) is 19.9 Å². The Labute approximate surface area is 91.4 Å². The lowest BCUT2D eigenvalue weighted by Gasteiger charge is -1.95. The van der Waals surface area contributed by atoms with Gasteiger partial charge in [-0.05, 0) is 19.9 Å². The quantitative estimate of drug-likeness (QED) is 0.746. The van der Waals surface area contributed by atoms with Gasteiger partial charge in [0, 0.05) is 16.0 Å². The van der Waals surface area contributed by atoms with Gasteiger partial charge in [-0.25, -0.2) is 4.98 Å². The molecule has 0 radical (unpaired) electrons.